The molecule has 0 unspecified atom stereocenters. The van der Waals surface area contributed by atoms with Crippen molar-refractivity contribution in [3.63, 3.8) is 0 Å². The number of carbonyl (C=O) groups excluding carboxylic acids is 1. The van der Waals surface area contributed by atoms with E-state index in [9.17, 15) is 9.90 Å². The number of nitrogens with one attached hydrogen (secondary N) is 2. The van der Waals surface area contributed by atoms with E-state index in [0.717, 1.165) is 5.56 Å². The van der Waals surface area contributed by atoms with Crippen LogP contribution >= 0.6 is 0 Å². The number of amides is 1. The Kier molecular flexibility index (Phi) is 3.09. The molecule has 0 bridgehead atoms. The number of phenols is 1. The van der Waals surface area contributed by atoms with Crippen molar-refractivity contribution in [3.8, 4) is 5.75 Å². The van der Waals surface area contributed by atoms with Crippen molar-refractivity contribution in [1.82, 2.24) is 4.98 Å². The summed E-state index contributed by atoms with van der Waals surface area (Å²) in [6.07, 6.45) is 5.18. The fourth-order valence-corrected chi connectivity index (χ4v) is 1.52. The van der Waals surface area contributed by atoms with Crippen molar-refractivity contribution < 1.29 is 14.5 Å². The first-order chi connectivity index (χ1) is 8.15. The standard InChI is InChI=1S/C12H13N3O2/c1-9-2-3-10(11(16)6-9)14-12(17)7-15-5-4-13-8-15/h2-6,8H,7H2,1H3,(H2,14,16,17)/p+1. The third kappa shape index (κ3) is 2.84. The van der Waals surface area contributed by atoms with Crippen LogP contribution in [0.15, 0.2) is 36.9 Å². The molecule has 3 N–H and O–H groups in total. The SMILES string of the molecule is Cc1ccc(NC(=O)C[n+]2cc[nH]c2)c(O)c1. The van der Waals surface area contributed by atoms with Crippen LogP contribution in [-0.4, -0.2) is 16.0 Å². The number of hydrogen-bond donors (Lipinski definition) is 3. The monoisotopic (exact) mass is 232 g/mol. The molecule has 5 nitrogen and oxygen atoms in total. The topological polar surface area (TPSA) is 69.0 Å². The summed E-state index contributed by atoms with van der Waals surface area (Å²) in [6.45, 7) is 2.08. The zero-order valence-corrected chi connectivity index (χ0v) is 9.47. The molecule has 2 rings (SSSR count). The molecule has 1 aromatic heterocycles. The second-order valence-corrected chi connectivity index (χ2v) is 3.85. The minimum Gasteiger partial charge on any atom is -0.506 e. The Morgan fingerprint density at radius 1 is 1.53 bits per heavy atom. The molecule has 1 heterocycles. The molecule has 0 aliphatic carbocycles. The van der Waals surface area contributed by atoms with Crippen LogP contribution in [0.1, 0.15) is 5.56 Å². The molecule has 0 aliphatic heterocycles. The maximum Gasteiger partial charge on any atom is 0.266 e. The highest BCUT2D eigenvalue weighted by Gasteiger charge is 2.09. The molecule has 1 aromatic carbocycles. The van der Waals surface area contributed by atoms with Crippen molar-refractivity contribution in [2.75, 3.05) is 5.32 Å². The molecule has 0 saturated heterocycles. The molecule has 17 heavy (non-hydrogen) atoms. The quantitative estimate of drug-likeness (QED) is 0.545. The second kappa shape index (κ2) is 4.69. The van der Waals surface area contributed by atoms with Crippen LogP contribution in [0.2, 0.25) is 0 Å². The van der Waals surface area contributed by atoms with Crippen LogP contribution in [0.4, 0.5) is 5.69 Å². The molecule has 0 aliphatic rings. The van der Waals surface area contributed by atoms with Crippen molar-refractivity contribution in [3.05, 3.63) is 42.5 Å². The highest BCUT2D eigenvalue weighted by atomic mass is 16.3. The number of anilines is 1. The number of phenolic OH excluding ortho intramolecular Hbond substituents is 1. The number of aryl methyl sites for hydroxylation is 1. The van der Waals surface area contributed by atoms with Gasteiger partial charge in [0, 0.05) is 0 Å². The van der Waals surface area contributed by atoms with E-state index in [1.807, 2.05) is 13.0 Å². The maximum atomic E-state index is 11.7. The summed E-state index contributed by atoms with van der Waals surface area (Å²) in [6, 6.07) is 5.13. The molecule has 0 atom stereocenters. The van der Waals surface area contributed by atoms with Gasteiger partial charge in [-0.05, 0) is 24.6 Å². The molecule has 2 aromatic rings. The Morgan fingerprint density at radius 3 is 3.00 bits per heavy atom. The van der Waals surface area contributed by atoms with Gasteiger partial charge in [0.25, 0.3) is 5.91 Å². The number of rotatable bonds is 3. The molecule has 1 amide bonds. The van der Waals surface area contributed by atoms with Crippen LogP contribution in [0.5, 0.6) is 5.75 Å². The number of aromatic hydroxyl groups is 1. The van der Waals surface area contributed by atoms with Crippen molar-refractivity contribution >= 4 is 11.6 Å². The van der Waals surface area contributed by atoms with Crippen molar-refractivity contribution in [2.24, 2.45) is 0 Å². The minimum absolute atomic E-state index is 0.0809. The number of aromatic amines is 1. The van der Waals surface area contributed by atoms with Crippen molar-refractivity contribution in [1.29, 1.82) is 0 Å². The molecule has 0 radical (unpaired) electrons. The Morgan fingerprint density at radius 2 is 2.35 bits per heavy atom. The lowest BCUT2D eigenvalue weighted by Gasteiger charge is -2.06. The summed E-state index contributed by atoms with van der Waals surface area (Å²) in [5.41, 5.74) is 1.37. The molecule has 88 valence electrons. The van der Waals surface area contributed by atoms with E-state index in [4.69, 9.17) is 0 Å². The first-order valence-electron chi connectivity index (χ1n) is 5.26. The lowest BCUT2D eigenvalue weighted by molar-refractivity contribution is -0.682. The maximum absolute atomic E-state index is 11.7. The van der Waals surface area contributed by atoms with Gasteiger partial charge in [0.15, 0.2) is 6.54 Å². The van der Waals surface area contributed by atoms with E-state index in [2.05, 4.69) is 10.3 Å². The number of benzene rings is 1. The largest absolute Gasteiger partial charge is 0.506 e. The van der Waals surface area contributed by atoms with Gasteiger partial charge in [-0.1, -0.05) is 6.07 Å². The molecule has 0 fully saturated rings. The molecule has 5 heteroatoms. The summed E-state index contributed by atoms with van der Waals surface area (Å²) < 4.78 is 1.71. The predicted molar refractivity (Wildman–Crippen MR) is 62.5 cm³/mol. The van der Waals surface area contributed by atoms with E-state index in [-0.39, 0.29) is 18.2 Å². The molecular weight excluding hydrogens is 218 g/mol. The summed E-state index contributed by atoms with van der Waals surface area (Å²) in [5.74, 6) is -0.105. The Hall–Kier alpha value is -2.30. The minimum atomic E-state index is -0.186. The highest BCUT2D eigenvalue weighted by Crippen LogP contribution is 2.23. The third-order valence-electron chi connectivity index (χ3n) is 2.36. The van der Waals surface area contributed by atoms with Gasteiger partial charge in [-0.3, -0.25) is 9.78 Å². The zero-order valence-electron chi connectivity index (χ0n) is 9.47. The molecule has 0 spiro atoms. The van der Waals surface area contributed by atoms with Crippen LogP contribution in [0.25, 0.3) is 0 Å². The van der Waals surface area contributed by atoms with Crippen LogP contribution < -0.4 is 9.88 Å². The summed E-state index contributed by atoms with van der Waals surface area (Å²) in [4.78, 5) is 14.5. The fourth-order valence-electron chi connectivity index (χ4n) is 1.52. The summed E-state index contributed by atoms with van der Waals surface area (Å²) in [7, 11) is 0. The normalized spacial score (nSPS) is 10.2. The summed E-state index contributed by atoms with van der Waals surface area (Å²) in [5, 5.41) is 12.3. The van der Waals surface area contributed by atoms with Crippen LogP contribution in [-0.2, 0) is 11.3 Å². The van der Waals surface area contributed by atoms with Gasteiger partial charge in [-0.2, -0.15) is 0 Å². The van der Waals surface area contributed by atoms with E-state index in [1.54, 1.807) is 35.4 Å². The zero-order chi connectivity index (χ0) is 12.3. The molecule has 0 saturated carbocycles. The predicted octanol–water partition coefficient (Wildman–Crippen LogP) is 0.955. The number of H-pyrrole nitrogens is 1. The average molecular weight is 232 g/mol. The first kappa shape index (κ1) is 11.2. The van der Waals surface area contributed by atoms with Gasteiger partial charge in [0.2, 0.25) is 6.33 Å². The van der Waals surface area contributed by atoms with Gasteiger partial charge in [0.05, 0.1) is 5.69 Å². The first-order valence-corrected chi connectivity index (χ1v) is 5.26. The van der Waals surface area contributed by atoms with Gasteiger partial charge < -0.3 is 10.4 Å². The van der Waals surface area contributed by atoms with Gasteiger partial charge in [-0.15, -0.1) is 0 Å². The molecular formula is C12H14N3O2+. The second-order valence-electron chi connectivity index (χ2n) is 3.85. The van der Waals surface area contributed by atoms with Gasteiger partial charge in [0.1, 0.15) is 18.1 Å². The Bertz CT molecular complexity index is 521. The fraction of sp³-hybridized carbons (Fsp3) is 0.167. The number of imidazole rings is 1. The number of aromatic nitrogens is 2. The summed E-state index contributed by atoms with van der Waals surface area (Å²) >= 11 is 0. The van der Waals surface area contributed by atoms with Gasteiger partial charge >= 0.3 is 0 Å². The Labute approximate surface area is 98.7 Å². The third-order valence-corrected chi connectivity index (χ3v) is 2.36. The number of nitrogens with zero attached hydrogens (tertiary/aromatic N) is 1. The van der Waals surface area contributed by atoms with E-state index in [0.29, 0.717) is 5.69 Å². The van der Waals surface area contributed by atoms with E-state index < -0.39 is 0 Å². The van der Waals surface area contributed by atoms with Crippen LogP contribution in [0.3, 0.4) is 0 Å². The van der Waals surface area contributed by atoms with Crippen LogP contribution in [0, 0.1) is 6.92 Å². The van der Waals surface area contributed by atoms with E-state index in [1.165, 1.54) is 0 Å². The van der Waals surface area contributed by atoms with Gasteiger partial charge in [-0.25, -0.2) is 4.57 Å². The number of carbonyl (C=O) groups is 1. The lowest BCUT2D eigenvalue weighted by Crippen LogP contribution is -2.38. The number of hydrogen-bond acceptors (Lipinski definition) is 2. The lowest BCUT2D eigenvalue weighted by atomic mass is 10.2. The highest BCUT2D eigenvalue weighted by molar-refractivity contribution is 5.91. The smallest absolute Gasteiger partial charge is 0.266 e. The Balaban J connectivity index is 2.03. The average Bonchev–Trinajstić information content (AvgIpc) is 2.75. The van der Waals surface area contributed by atoms with Crippen molar-refractivity contribution in [2.45, 2.75) is 13.5 Å². The van der Waals surface area contributed by atoms with E-state index >= 15 is 0 Å².